The highest BCUT2D eigenvalue weighted by molar-refractivity contribution is 5.88. The van der Waals surface area contributed by atoms with Gasteiger partial charge in [0.1, 0.15) is 59.1 Å². The monoisotopic (exact) mass is 624 g/mol. The van der Waals surface area contributed by atoms with Crippen LogP contribution < -0.4 is 14.9 Å². The Morgan fingerprint density at radius 1 is 0.750 bits per heavy atom. The lowest BCUT2D eigenvalue weighted by molar-refractivity contribution is -0.271. The summed E-state index contributed by atoms with van der Waals surface area (Å²) < 4.78 is 27.4. The Bertz CT molecular complexity index is 1620. The summed E-state index contributed by atoms with van der Waals surface area (Å²) >= 11 is 0. The van der Waals surface area contributed by atoms with Crippen LogP contribution in [0.2, 0.25) is 0 Å². The van der Waals surface area contributed by atoms with Gasteiger partial charge in [-0.25, -0.2) is 4.79 Å². The van der Waals surface area contributed by atoms with E-state index in [4.69, 9.17) is 23.4 Å². The molecule has 0 spiro atoms. The minimum absolute atomic E-state index is 0.0634. The molecule has 0 bridgehead atoms. The van der Waals surface area contributed by atoms with Crippen molar-refractivity contribution in [3.8, 4) is 40.1 Å². The number of aliphatic carboxylic acids is 1. The third kappa shape index (κ3) is 5.46. The highest BCUT2D eigenvalue weighted by atomic mass is 16.7. The van der Waals surface area contributed by atoms with Gasteiger partial charge < -0.3 is 74.4 Å². The van der Waals surface area contributed by atoms with Gasteiger partial charge in [-0.2, -0.15) is 0 Å². The highest BCUT2D eigenvalue weighted by Gasteiger charge is 2.48. The number of fused-ring (bicyclic) bond motifs is 1. The molecule has 10 unspecified atom stereocenters. The van der Waals surface area contributed by atoms with E-state index in [0.717, 1.165) is 24.3 Å². The van der Waals surface area contributed by atoms with Crippen molar-refractivity contribution in [2.75, 3.05) is 0 Å². The topological polar surface area (TPSA) is 286 Å². The van der Waals surface area contributed by atoms with E-state index in [1.807, 2.05) is 0 Å². The van der Waals surface area contributed by atoms with Crippen molar-refractivity contribution in [1.82, 2.24) is 0 Å². The molecule has 2 fully saturated rings. The zero-order chi connectivity index (χ0) is 32.2. The van der Waals surface area contributed by atoms with E-state index in [2.05, 4.69) is 0 Å². The van der Waals surface area contributed by atoms with Gasteiger partial charge in [0.2, 0.25) is 23.8 Å². The van der Waals surface area contributed by atoms with Crippen LogP contribution in [0.4, 0.5) is 0 Å². The lowest BCUT2D eigenvalue weighted by Crippen LogP contribution is -2.61. The molecule has 0 radical (unpaired) electrons. The molecule has 2 saturated heterocycles. The fraction of sp³-hybridized carbons (Fsp3) is 0.407. The summed E-state index contributed by atoms with van der Waals surface area (Å²) in [5, 5.41) is 100. The standard InChI is InChI=1S/C27H28O17/c1-7-15(31)17(33)20(36)26(40-7)43-23-16(32)14-12(30)5-9(41-27-21(37)18(34)19(35)24(44-27)25(38)39)6-13(14)42-22(23)8-2-3-10(28)11(29)4-8/h2-7,15,17-21,24,26-31,33-37H,1H3,(H,38,39). The van der Waals surface area contributed by atoms with Crippen molar-refractivity contribution in [2.24, 2.45) is 0 Å². The van der Waals surface area contributed by atoms with Crippen LogP contribution in [0.5, 0.6) is 28.7 Å². The number of carbonyl (C=O) groups is 1. The lowest BCUT2D eigenvalue weighted by atomic mass is 9.99. The smallest absolute Gasteiger partial charge is 0.335 e. The van der Waals surface area contributed by atoms with Crippen LogP contribution in [0.1, 0.15) is 6.92 Å². The largest absolute Gasteiger partial charge is 0.507 e. The van der Waals surface area contributed by atoms with Crippen molar-refractivity contribution < 1.29 is 79.2 Å². The lowest BCUT2D eigenvalue weighted by Gasteiger charge is -2.38. The molecule has 10 atom stereocenters. The third-order valence-corrected chi connectivity index (χ3v) is 7.25. The summed E-state index contributed by atoms with van der Waals surface area (Å²) in [7, 11) is 0. The first-order chi connectivity index (χ1) is 20.7. The number of hydrogen-bond donors (Lipinski definition) is 10. The molecule has 3 aromatic rings. The maximum absolute atomic E-state index is 13.7. The van der Waals surface area contributed by atoms with Crippen molar-refractivity contribution in [3.63, 3.8) is 0 Å². The second-order valence-electron chi connectivity index (χ2n) is 10.3. The fourth-order valence-corrected chi connectivity index (χ4v) is 4.80. The van der Waals surface area contributed by atoms with E-state index in [-0.39, 0.29) is 11.3 Å². The molecular formula is C27H28O17. The number of carboxylic acid groups (broad SMARTS) is 1. The second kappa shape index (κ2) is 11.7. The van der Waals surface area contributed by atoms with Crippen molar-refractivity contribution >= 4 is 16.9 Å². The Kier molecular flexibility index (Phi) is 8.31. The molecule has 10 N–H and O–H groups in total. The van der Waals surface area contributed by atoms with Gasteiger partial charge in [-0.15, -0.1) is 0 Å². The first kappa shape index (κ1) is 31.2. The Morgan fingerprint density at radius 3 is 2.02 bits per heavy atom. The van der Waals surface area contributed by atoms with Crippen molar-refractivity contribution in [1.29, 1.82) is 0 Å². The molecule has 0 aliphatic carbocycles. The number of ether oxygens (including phenoxy) is 4. The number of aliphatic hydroxyl groups excluding tert-OH is 6. The van der Waals surface area contributed by atoms with E-state index >= 15 is 0 Å². The minimum atomic E-state index is -1.99. The molecule has 238 valence electrons. The number of aliphatic hydroxyl groups is 6. The quantitative estimate of drug-likeness (QED) is 0.133. The van der Waals surface area contributed by atoms with Crippen molar-refractivity contribution in [3.05, 3.63) is 40.6 Å². The molecule has 17 heteroatoms. The van der Waals surface area contributed by atoms with E-state index in [1.165, 1.54) is 13.0 Å². The molecule has 2 aliphatic rings. The molecule has 2 aliphatic heterocycles. The Balaban J connectivity index is 1.60. The first-order valence-corrected chi connectivity index (χ1v) is 13.0. The van der Waals surface area contributed by atoms with Crippen LogP contribution in [0.15, 0.2) is 39.5 Å². The molecule has 44 heavy (non-hydrogen) atoms. The molecule has 1 aromatic heterocycles. The van der Waals surface area contributed by atoms with Crippen LogP contribution in [0.3, 0.4) is 0 Å². The van der Waals surface area contributed by atoms with E-state index < -0.39 is 113 Å². The summed E-state index contributed by atoms with van der Waals surface area (Å²) in [6.45, 7) is 1.37. The normalized spacial score (nSPS) is 32.3. The third-order valence-electron chi connectivity index (χ3n) is 7.25. The first-order valence-electron chi connectivity index (χ1n) is 13.0. The van der Waals surface area contributed by atoms with Gasteiger partial charge in [-0.3, -0.25) is 4.79 Å². The SMILES string of the molecule is CC1OC(Oc2c(-c3ccc(O)c(O)c3)oc3cc(OC4OC(C(=O)O)C(O)C(O)C4O)cc(O)c3c2=O)C(O)C(O)C1O. The van der Waals surface area contributed by atoms with Gasteiger partial charge in [-0.1, -0.05) is 0 Å². The fourth-order valence-electron chi connectivity index (χ4n) is 4.80. The highest BCUT2D eigenvalue weighted by Crippen LogP contribution is 2.40. The van der Waals surface area contributed by atoms with E-state index in [0.29, 0.717) is 0 Å². The molecule has 0 saturated carbocycles. The predicted octanol–water partition coefficient (Wildman–Crippen LogP) is -1.95. The predicted molar refractivity (Wildman–Crippen MR) is 141 cm³/mol. The van der Waals surface area contributed by atoms with Gasteiger partial charge in [0, 0.05) is 17.7 Å². The zero-order valence-electron chi connectivity index (χ0n) is 22.5. The number of phenols is 3. The summed E-state index contributed by atoms with van der Waals surface area (Å²) in [6.07, 6.45) is -17.7. The number of phenolic OH excluding ortho intramolecular Hbond substituents is 3. The summed E-state index contributed by atoms with van der Waals surface area (Å²) in [5.41, 5.74) is -1.51. The average Bonchev–Trinajstić information content (AvgIpc) is 2.97. The minimum Gasteiger partial charge on any atom is -0.507 e. The average molecular weight is 625 g/mol. The number of aromatic hydroxyl groups is 3. The maximum atomic E-state index is 13.7. The van der Waals surface area contributed by atoms with Gasteiger partial charge in [0.25, 0.3) is 0 Å². The number of carboxylic acids is 1. The number of benzene rings is 2. The maximum Gasteiger partial charge on any atom is 0.335 e. The van der Waals surface area contributed by atoms with Crippen LogP contribution in [-0.2, 0) is 14.3 Å². The van der Waals surface area contributed by atoms with Crippen LogP contribution in [-0.4, -0.2) is 118 Å². The number of rotatable bonds is 6. The molecule has 3 heterocycles. The van der Waals surface area contributed by atoms with Crippen LogP contribution in [0, 0.1) is 0 Å². The number of hydrogen-bond acceptors (Lipinski definition) is 16. The second-order valence-corrected chi connectivity index (χ2v) is 10.3. The van der Waals surface area contributed by atoms with Crippen LogP contribution in [0.25, 0.3) is 22.3 Å². The molecule has 17 nitrogen and oxygen atoms in total. The molecule has 2 aromatic carbocycles. The summed E-state index contributed by atoms with van der Waals surface area (Å²) in [5.74, 6) is -5.08. The van der Waals surface area contributed by atoms with Gasteiger partial charge in [0.05, 0.1) is 6.10 Å². The Morgan fingerprint density at radius 2 is 1.39 bits per heavy atom. The Hall–Kier alpha value is -4.20. The molecular weight excluding hydrogens is 596 g/mol. The van der Waals surface area contributed by atoms with E-state index in [1.54, 1.807) is 0 Å². The summed E-state index contributed by atoms with van der Waals surface area (Å²) in [6, 6.07) is 5.17. The Labute approximate surface area is 245 Å². The molecule has 5 rings (SSSR count). The van der Waals surface area contributed by atoms with Crippen molar-refractivity contribution in [2.45, 2.75) is 68.3 Å². The van der Waals surface area contributed by atoms with Gasteiger partial charge in [-0.05, 0) is 25.1 Å². The van der Waals surface area contributed by atoms with Gasteiger partial charge >= 0.3 is 5.97 Å². The zero-order valence-corrected chi connectivity index (χ0v) is 22.5. The molecule has 0 amide bonds. The van der Waals surface area contributed by atoms with Gasteiger partial charge in [0.15, 0.2) is 23.4 Å². The summed E-state index contributed by atoms with van der Waals surface area (Å²) in [4.78, 5) is 25.1. The van der Waals surface area contributed by atoms with E-state index in [9.17, 15) is 60.7 Å². The van der Waals surface area contributed by atoms with Crippen LogP contribution >= 0.6 is 0 Å².